The van der Waals surface area contributed by atoms with Gasteiger partial charge in [-0.25, -0.2) is 0 Å². The van der Waals surface area contributed by atoms with Gasteiger partial charge in [-0.3, -0.25) is 0 Å². The molecule has 1 saturated heterocycles. The lowest BCUT2D eigenvalue weighted by atomic mass is 9.88. The largest absolute Gasteiger partial charge is 0.381 e. The van der Waals surface area contributed by atoms with E-state index >= 15 is 0 Å². The second kappa shape index (κ2) is 3.35. The normalized spacial score (nSPS) is 43.0. The lowest BCUT2D eigenvalue weighted by Gasteiger charge is -2.34. The van der Waals surface area contributed by atoms with Crippen molar-refractivity contribution in [3.63, 3.8) is 0 Å². The zero-order valence-corrected chi connectivity index (χ0v) is 8.12. The second-order valence-corrected chi connectivity index (χ2v) is 4.33. The van der Waals surface area contributed by atoms with Crippen molar-refractivity contribution in [2.75, 3.05) is 27.2 Å². The molecule has 2 heteroatoms. The van der Waals surface area contributed by atoms with Crippen LogP contribution in [0.1, 0.15) is 19.3 Å². The first kappa shape index (κ1) is 8.52. The minimum absolute atomic E-state index is 0.553. The van der Waals surface area contributed by atoms with Crippen molar-refractivity contribution in [1.29, 1.82) is 0 Å². The predicted molar refractivity (Wildman–Crippen MR) is 49.1 cm³/mol. The Kier molecular flexibility index (Phi) is 2.37. The van der Waals surface area contributed by atoms with Gasteiger partial charge in [0.15, 0.2) is 0 Å². The van der Waals surface area contributed by atoms with Crippen LogP contribution in [0.5, 0.6) is 0 Å². The van der Waals surface area contributed by atoms with Crippen molar-refractivity contribution < 1.29 is 4.74 Å². The van der Waals surface area contributed by atoms with Crippen LogP contribution in [-0.2, 0) is 4.74 Å². The Balaban J connectivity index is 2.00. The highest BCUT2D eigenvalue weighted by molar-refractivity contribution is 4.90. The van der Waals surface area contributed by atoms with Crippen molar-refractivity contribution in [3.05, 3.63) is 0 Å². The van der Waals surface area contributed by atoms with Gasteiger partial charge in [0.2, 0.25) is 0 Å². The van der Waals surface area contributed by atoms with Crippen molar-refractivity contribution in [2.45, 2.75) is 25.4 Å². The van der Waals surface area contributed by atoms with Crippen LogP contribution in [0.15, 0.2) is 0 Å². The molecule has 2 aliphatic rings. The van der Waals surface area contributed by atoms with Gasteiger partial charge >= 0.3 is 0 Å². The molecule has 0 aromatic carbocycles. The van der Waals surface area contributed by atoms with Crippen molar-refractivity contribution in [3.8, 4) is 0 Å². The minimum Gasteiger partial charge on any atom is -0.381 e. The van der Waals surface area contributed by atoms with Crippen molar-refractivity contribution >= 4 is 0 Å². The summed E-state index contributed by atoms with van der Waals surface area (Å²) in [5.74, 6) is 1.79. The number of piperidine rings is 1. The summed E-state index contributed by atoms with van der Waals surface area (Å²) in [7, 11) is 4.09. The van der Waals surface area contributed by atoms with Crippen LogP contribution in [0, 0.1) is 11.8 Å². The van der Waals surface area contributed by atoms with E-state index in [0.717, 1.165) is 11.8 Å². The highest BCUT2D eigenvalue weighted by Gasteiger charge is 2.38. The molecular weight excluding hydrogens is 150 g/mol. The third kappa shape index (κ3) is 1.38. The molecule has 1 saturated carbocycles. The molecule has 1 heterocycles. The number of likely N-dealkylation sites (tertiary alicyclic amines) is 1. The molecule has 3 atom stereocenters. The fourth-order valence-electron chi connectivity index (χ4n) is 2.87. The van der Waals surface area contributed by atoms with Gasteiger partial charge in [-0.1, -0.05) is 0 Å². The standard InChI is InChI=1S/C10H19NO/c1-11-6-5-8-3-4-10(12-2)9(8)7-11/h8-10H,3-7H2,1-2H3/t8-,9+,10?/m1/s1. The molecule has 70 valence electrons. The molecule has 0 aromatic rings. The van der Waals surface area contributed by atoms with Crippen LogP contribution in [0.3, 0.4) is 0 Å². The maximum atomic E-state index is 5.50. The molecule has 1 aliphatic carbocycles. The average molecular weight is 169 g/mol. The number of rotatable bonds is 1. The van der Waals surface area contributed by atoms with E-state index in [4.69, 9.17) is 4.74 Å². The molecule has 0 amide bonds. The summed E-state index contributed by atoms with van der Waals surface area (Å²) in [4.78, 5) is 2.44. The Labute approximate surface area is 74.9 Å². The van der Waals surface area contributed by atoms with E-state index in [1.54, 1.807) is 0 Å². The number of hydrogen-bond donors (Lipinski definition) is 0. The first-order valence-corrected chi connectivity index (χ1v) is 5.02. The smallest absolute Gasteiger partial charge is 0.0614 e. The number of fused-ring (bicyclic) bond motifs is 1. The summed E-state index contributed by atoms with van der Waals surface area (Å²) in [6.45, 7) is 2.54. The van der Waals surface area contributed by atoms with Gasteiger partial charge < -0.3 is 9.64 Å². The van der Waals surface area contributed by atoms with Crippen LogP contribution in [-0.4, -0.2) is 38.3 Å². The number of hydrogen-bond acceptors (Lipinski definition) is 2. The molecule has 0 radical (unpaired) electrons. The second-order valence-electron chi connectivity index (χ2n) is 4.33. The third-order valence-electron chi connectivity index (χ3n) is 3.61. The highest BCUT2D eigenvalue weighted by atomic mass is 16.5. The fraction of sp³-hybridized carbons (Fsp3) is 1.00. The monoisotopic (exact) mass is 169 g/mol. The quantitative estimate of drug-likeness (QED) is 0.587. The molecule has 0 aromatic heterocycles. The van der Waals surface area contributed by atoms with E-state index in [1.165, 1.54) is 32.4 Å². The maximum absolute atomic E-state index is 5.50. The number of ether oxygens (including phenoxy) is 1. The van der Waals surface area contributed by atoms with Gasteiger partial charge in [-0.2, -0.15) is 0 Å². The maximum Gasteiger partial charge on any atom is 0.0614 e. The van der Waals surface area contributed by atoms with E-state index in [0.29, 0.717) is 6.10 Å². The van der Waals surface area contributed by atoms with Crippen molar-refractivity contribution in [2.24, 2.45) is 11.8 Å². The van der Waals surface area contributed by atoms with Crippen LogP contribution in [0.2, 0.25) is 0 Å². The summed E-state index contributed by atoms with van der Waals surface area (Å²) in [5.41, 5.74) is 0. The molecule has 0 N–H and O–H groups in total. The third-order valence-corrected chi connectivity index (χ3v) is 3.61. The summed E-state index contributed by atoms with van der Waals surface area (Å²) < 4.78 is 5.50. The Hall–Kier alpha value is -0.0800. The molecule has 2 fully saturated rings. The van der Waals surface area contributed by atoms with E-state index < -0.39 is 0 Å². The fourth-order valence-corrected chi connectivity index (χ4v) is 2.87. The van der Waals surface area contributed by atoms with E-state index in [9.17, 15) is 0 Å². The zero-order valence-electron chi connectivity index (χ0n) is 8.12. The number of methoxy groups -OCH3 is 1. The Morgan fingerprint density at radius 3 is 2.83 bits per heavy atom. The minimum atomic E-state index is 0.553. The van der Waals surface area contributed by atoms with Crippen LogP contribution in [0.25, 0.3) is 0 Å². The SMILES string of the molecule is COC1CC[C@@H]2CCN(C)C[C@H]12. The van der Waals surface area contributed by atoms with Gasteiger partial charge in [0.25, 0.3) is 0 Å². The Morgan fingerprint density at radius 2 is 2.08 bits per heavy atom. The molecule has 0 spiro atoms. The predicted octanol–water partition coefficient (Wildman–Crippen LogP) is 1.36. The first-order chi connectivity index (χ1) is 5.81. The first-order valence-electron chi connectivity index (χ1n) is 5.02. The molecule has 1 unspecified atom stereocenters. The van der Waals surface area contributed by atoms with Gasteiger partial charge in [0, 0.05) is 19.6 Å². The molecule has 0 bridgehead atoms. The van der Waals surface area contributed by atoms with E-state index in [1.807, 2.05) is 7.11 Å². The van der Waals surface area contributed by atoms with Crippen LogP contribution >= 0.6 is 0 Å². The molecule has 1 aliphatic heterocycles. The summed E-state index contributed by atoms with van der Waals surface area (Å²) in [6, 6.07) is 0. The molecular formula is C10H19NO. The Bertz CT molecular complexity index is 154. The summed E-state index contributed by atoms with van der Waals surface area (Å²) in [6.07, 6.45) is 4.63. The lowest BCUT2D eigenvalue weighted by Crippen LogP contribution is -2.39. The Morgan fingerprint density at radius 1 is 1.25 bits per heavy atom. The van der Waals surface area contributed by atoms with Crippen molar-refractivity contribution in [1.82, 2.24) is 4.90 Å². The van der Waals surface area contributed by atoms with Crippen LogP contribution in [0.4, 0.5) is 0 Å². The topological polar surface area (TPSA) is 12.5 Å². The van der Waals surface area contributed by atoms with Gasteiger partial charge in [0.1, 0.15) is 0 Å². The highest BCUT2D eigenvalue weighted by Crippen LogP contribution is 2.38. The zero-order chi connectivity index (χ0) is 8.55. The van der Waals surface area contributed by atoms with E-state index in [2.05, 4.69) is 11.9 Å². The number of nitrogens with zero attached hydrogens (tertiary/aromatic N) is 1. The average Bonchev–Trinajstić information content (AvgIpc) is 2.46. The van der Waals surface area contributed by atoms with Gasteiger partial charge in [-0.05, 0) is 38.8 Å². The summed E-state index contributed by atoms with van der Waals surface area (Å²) in [5, 5.41) is 0. The van der Waals surface area contributed by atoms with Crippen LogP contribution < -0.4 is 0 Å². The van der Waals surface area contributed by atoms with Gasteiger partial charge in [0.05, 0.1) is 6.10 Å². The van der Waals surface area contributed by atoms with E-state index in [-0.39, 0.29) is 0 Å². The molecule has 12 heavy (non-hydrogen) atoms. The van der Waals surface area contributed by atoms with Gasteiger partial charge in [-0.15, -0.1) is 0 Å². The lowest BCUT2D eigenvalue weighted by molar-refractivity contribution is 0.0294. The molecule has 2 rings (SSSR count). The molecule has 2 nitrogen and oxygen atoms in total. The summed E-state index contributed by atoms with van der Waals surface area (Å²) >= 11 is 0.